The Morgan fingerprint density at radius 3 is 2.75 bits per heavy atom. The van der Waals surface area contributed by atoms with Crippen LogP contribution in [-0.2, 0) is 9.53 Å². The van der Waals surface area contributed by atoms with Gasteiger partial charge >= 0.3 is 0 Å². The number of hydrogen-bond acceptors (Lipinski definition) is 3. The molecule has 1 amide bonds. The number of ether oxygens (including phenoxy) is 1. The third-order valence-corrected chi connectivity index (χ3v) is 3.50. The molecule has 2 saturated heterocycles. The molecular formula is C12H22N2O2. The van der Waals surface area contributed by atoms with Gasteiger partial charge in [-0.2, -0.15) is 0 Å². The minimum atomic E-state index is -0.376. The van der Waals surface area contributed by atoms with Crippen molar-refractivity contribution in [3.8, 4) is 0 Å². The molecule has 4 heteroatoms. The van der Waals surface area contributed by atoms with Gasteiger partial charge in [0.25, 0.3) is 0 Å². The molecule has 2 fully saturated rings. The quantitative estimate of drug-likeness (QED) is 0.745. The van der Waals surface area contributed by atoms with Crippen molar-refractivity contribution in [2.45, 2.75) is 63.8 Å². The van der Waals surface area contributed by atoms with Crippen LogP contribution in [0.3, 0.4) is 0 Å². The van der Waals surface area contributed by atoms with Crippen LogP contribution in [0.5, 0.6) is 0 Å². The van der Waals surface area contributed by atoms with E-state index in [0.29, 0.717) is 12.0 Å². The highest BCUT2D eigenvalue weighted by Gasteiger charge is 2.41. The van der Waals surface area contributed by atoms with Crippen LogP contribution in [0.25, 0.3) is 0 Å². The Hall–Kier alpha value is -0.610. The third-order valence-electron chi connectivity index (χ3n) is 3.50. The molecule has 3 unspecified atom stereocenters. The SMILES string of the molecule is CC(C)C[C@@H](N)C(=O)NC1CC2CCC1O2. The van der Waals surface area contributed by atoms with E-state index in [2.05, 4.69) is 19.2 Å². The summed E-state index contributed by atoms with van der Waals surface area (Å²) in [6, 6.07) is -0.177. The van der Waals surface area contributed by atoms with Crippen molar-refractivity contribution in [2.24, 2.45) is 11.7 Å². The van der Waals surface area contributed by atoms with Crippen LogP contribution in [0.4, 0.5) is 0 Å². The second-order valence-corrected chi connectivity index (χ2v) is 5.46. The molecule has 0 saturated carbocycles. The Morgan fingerprint density at radius 1 is 1.50 bits per heavy atom. The number of fused-ring (bicyclic) bond motifs is 2. The van der Waals surface area contributed by atoms with Gasteiger partial charge in [0, 0.05) is 0 Å². The molecule has 0 aromatic heterocycles. The fourth-order valence-electron chi connectivity index (χ4n) is 2.69. The second-order valence-electron chi connectivity index (χ2n) is 5.46. The summed E-state index contributed by atoms with van der Waals surface area (Å²) in [6.45, 7) is 4.15. The highest BCUT2D eigenvalue weighted by molar-refractivity contribution is 5.81. The monoisotopic (exact) mass is 226 g/mol. The molecule has 16 heavy (non-hydrogen) atoms. The van der Waals surface area contributed by atoms with Gasteiger partial charge in [-0.3, -0.25) is 4.79 Å². The van der Waals surface area contributed by atoms with Gasteiger partial charge in [0.05, 0.1) is 24.3 Å². The molecule has 0 aromatic carbocycles. The fraction of sp³-hybridized carbons (Fsp3) is 0.917. The van der Waals surface area contributed by atoms with E-state index in [-0.39, 0.29) is 24.1 Å². The molecule has 2 aliphatic heterocycles. The average Bonchev–Trinajstić information content (AvgIpc) is 2.77. The summed E-state index contributed by atoms with van der Waals surface area (Å²) in [5, 5.41) is 3.03. The van der Waals surface area contributed by atoms with Gasteiger partial charge in [0.2, 0.25) is 5.91 Å². The average molecular weight is 226 g/mol. The van der Waals surface area contributed by atoms with E-state index in [0.717, 1.165) is 25.7 Å². The molecule has 2 heterocycles. The Kier molecular flexibility index (Phi) is 3.50. The standard InChI is InChI=1S/C12H22N2O2/c1-7(2)5-9(13)12(15)14-10-6-8-3-4-11(10)16-8/h7-11H,3-6,13H2,1-2H3,(H,14,15)/t8?,9-,10?,11?/m1/s1. The highest BCUT2D eigenvalue weighted by atomic mass is 16.5. The Morgan fingerprint density at radius 2 is 2.25 bits per heavy atom. The topological polar surface area (TPSA) is 64.4 Å². The zero-order valence-corrected chi connectivity index (χ0v) is 10.1. The number of nitrogens with one attached hydrogen (secondary N) is 1. The Bertz CT molecular complexity index is 268. The molecule has 0 aliphatic carbocycles. The molecule has 0 spiro atoms. The molecule has 0 aromatic rings. The summed E-state index contributed by atoms with van der Waals surface area (Å²) in [4.78, 5) is 11.8. The molecule has 2 bridgehead atoms. The number of carbonyl (C=O) groups is 1. The van der Waals surface area contributed by atoms with Crippen LogP contribution >= 0.6 is 0 Å². The third kappa shape index (κ3) is 2.55. The van der Waals surface area contributed by atoms with Gasteiger partial charge in [0.15, 0.2) is 0 Å². The number of hydrogen-bond donors (Lipinski definition) is 2. The molecule has 3 N–H and O–H groups in total. The van der Waals surface area contributed by atoms with Crippen molar-refractivity contribution >= 4 is 5.91 Å². The molecule has 0 radical (unpaired) electrons. The van der Waals surface area contributed by atoms with E-state index in [1.165, 1.54) is 0 Å². The van der Waals surface area contributed by atoms with E-state index in [1.807, 2.05) is 0 Å². The summed E-state index contributed by atoms with van der Waals surface area (Å²) in [5.41, 5.74) is 5.84. The number of carbonyl (C=O) groups excluding carboxylic acids is 1. The summed E-state index contributed by atoms with van der Waals surface area (Å²) in [7, 11) is 0. The Labute approximate surface area is 96.9 Å². The van der Waals surface area contributed by atoms with Crippen LogP contribution in [0.1, 0.15) is 39.5 Å². The lowest BCUT2D eigenvalue weighted by atomic mass is 9.95. The van der Waals surface area contributed by atoms with Crippen molar-refractivity contribution in [3.63, 3.8) is 0 Å². The van der Waals surface area contributed by atoms with Gasteiger partial charge in [-0.25, -0.2) is 0 Å². The summed E-state index contributed by atoms with van der Waals surface area (Å²) in [5.74, 6) is 0.437. The van der Waals surface area contributed by atoms with Crippen molar-refractivity contribution in [1.82, 2.24) is 5.32 Å². The predicted molar refractivity (Wildman–Crippen MR) is 61.9 cm³/mol. The molecule has 2 rings (SSSR count). The van der Waals surface area contributed by atoms with Crippen molar-refractivity contribution in [1.29, 1.82) is 0 Å². The molecule has 4 nitrogen and oxygen atoms in total. The van der Waals surface area contributed by atoms with Gasteiger partial charge in [-0.05, 0) is 31.6 Å². The van der Waals surface area contributed by atoms with Gasteiger partial charge in [-0.1, -0.05) is 13.8 Å². The van der Waals surface area contributed by atoms with Crippen molar-refractivity contribution in [3.05, 3.63) is 0 Å². The molecule has 92 valence electrons. The van der Waals surface area contributed by atoms with Gasteiger partial charge in [0.1, 0.15) is 0 Å². The second kappa shape index (κ2) is 4.72. The van der Waals surface area contributed by atoms with Crippen LogP contribution in [-0.4, -0.2) is 30.2 Å². The van der Waals surface area contributed by atoms with Crippen molar-refractivity contribution in [2.75, 3.05) is 0 Å². The first-order chi connectivity index (χ1) is 7.56. The zero-order chi connectivity index (χ0) is 11.7. The maximum Gasteiger partial charge on any atom is 0.237 e. The first-order valence-corrected chi connectivity index (χ1v) is 6.27. The fourth-order valence-corrected chi connectivity index (χ4v) is 2.69. The normalized spacial score (nSPS) is 34.4. The van der Waals surface area contributed by atoms with Crippen LogP contribution < -0.4 is 11.1 Å². The van der Waals surface area contributed by atoms with E-state index in [1.54, 1.807) is 0 Å². The minimum Gasteiger partial charge on any atom is -0.373 e. The molecule has 2 aliphatic rings. The van der Waals surface area contributed by atoms with E-state index >= 15 is 0 Å². The van der Waals surface area contributed by atoms with E-state index in [9.17, 15) is 4.79 Å². The lowest BCUT2D eigenvalue weighted by Gasteiger charge is -2.22. The number of nitrogens with two attached hydrogens (primary N) is 1. The number of rotatable bonds is 4. The minimum absolute atomic E-state index is 0.0187. The summed E-state index contributed by atoms with van der Waals surface area (Å²) < 4.78 is 5.69. The van der Waals surface area contributed by atoms with Gasteiger partial charge in [-0.15, -0.1) is 0 Å². The molecule has 4 atom stereocenters. The lowest BCUT2D eigenvalue weighted by molar-refractivity contribution is -0.123. The Balaban J connectivity index is 1.79. The van der Waals surface area contributed by atoms with Gasteiger partial charge < -0.3 is 15.8 Å². The lowest BCUT2D eigenvalue weighted by Crippen LogP contribution is -2.49. The largest absolute Gasteiger partial charge is 0.373 e. The van der Waals surface area contributed by atoms with Crippen LogP contribution in [0.15, 0.2) is 0 Å². The molecular weight excluding hydrogens is 204 g/mol. The van der Waals surface area contributed by atoms with Crippen molar-refractivity contribution < 1.29 is 9.53 Å². The predicted octanol–water partition coefficient (Wildman–Crippen LogP) is 0.796. The maximum absolute atomic E-state index is 11.8. The summed E-state index contributed by atoms with van der Waals surface area (Å²) >= 11 is 0. The first kappa shape index (κ1) is 11.9. The van der Waals surface area contributed by atoms with Crippen LogP contribution in [0.2, 0.25) is 0 Å². The first-order valence-electron chi connectivity index (χ1n) is 6.27. The highest BCUT2D eigenvalue weighted by Crippen LogP contribution is 2.34. The summed E-state index contributed by atoms with van der Waals surface area (Å²) in [6.07, 6.45) is 4.54. The van der Waals surface area contributed by atoms with E-state index in [4.69, 9.17) is 10.5 Å². The smallest absolute Gasteiger partial charge is 0.237 e. The van der Waals surface area contributed by atoms with Crippen LogP contribution in [0, 0.1) is 5.92 Å². The maximum atomic E-state index is 11.8. The van der Waals surface area contributed by atoms with E-state index < -0.39 is 0 Å². The zero-order valence-electron chi connectivity index (χ0n) is 10.1. The number of amides is 1.